The number of allylic oxidation sites excluding steroid dienone is 1. The molecule has 2 nitrogen and oxygen atoms in total. The van der Waals surface area contributed by atoms with E-state index in [2.05, 4.69) is 13.0 Å². The van der Waals surface area contributed by atoms with E-state index in [0.717, 1.165) is 26.1 Å². The first-order valence-electron chi connectivity index (χ1n) is 6.20. The second kappa shape index (κ2) is 3.33. The second-order valence-corrected chi connectivity index (χ2v) is 5.47. The molecule has 3 aliphatic rings. The maximum atomic E-state index is 5.81. The average molecular weight is 208 g/mol. The highest BCUT2D eigenvalue weighted by molar-refractivity contribution is 5.21. The van der Waals surface area contributed by atoms with Gasteiger partial charge in [0.15, 0.2) is 5.79 Å². The van der Waals surface area contributed by atoms with Crippen LogP contribution in [0.4, 0.5) is 0 Å². The lowest BCUT2D eigenvalue weighted by Crippen LogP contribution is -2.41. The number of ether oxygens (including phenoxy) is 2. The molecule has 1 saturated carbocycles. The summed E-state index contributed by atoms with van der Waals surface area (Å²) in [4.78, 5) is 0. The van der Waals surface area contributed by atoms with Crippen molar-refractivity contribution >= 4 is 0 Å². The van der Waals surface area contributed by atoms with E-state index in [1.54, 1.807) is 5.57 Å². The monoisotopic (exact) mass is 208 g/mol. The van der Waals surface area contributed by atoms with E-state index in [4.69, 9.17) is 9.47 Å². The van der Waals surface area contributed by atoms with Crippen molar-refractivity contribution in [1.29, 1.82) is 0 Å². The van der Waals surface area contributed by atoms with E-state index in [1.807, 2.05) is 0 Å². The van der Waals surface area contributed by atoms with Gasteiger partial charge in [0.05, 0.1) is 13.2 Å². The molecule has 0 radical (unpaired) electrons. The number of fused-ring (bicyclic) bond motifs is 1. The fourth-order valence-corrected chi connectivity index (χ4v) is 3.33. The van der Waals surface area contributed by atoms with Crippen LogP contribution in [0.2, 0.25) is 0 Å². The number of rotatable bonds is 0. The summed E-state index contributed by atoms with van der Waals surface area (Å²) >= 11 is 0. The van der Waals surface area contributed by atoms with Gasteiger partial charge in [0, 0.05) is 12.8 Å². The number of hydrogen-bond acceptors (Lipinski definition) is 2. The van der Waals surface area contributed by atoms with Crippen molar-refractivity contribution in [2.24, 2.45) is 5.41 Å². The van der Waals surface area contributed by atoms with Crippen LogP contribution in [0, 0.1) is 5.41 Å². The second-order valence-electron chi connectivity index (χ2n) is 5.47. The van der Waals surface area contributed by atoms with Gasteiger partial charge in [0.25, 0.3) is 0 Å². The molecule has 1 aliphatic heterocycles. The molecule has 2 aliphatic carbocycles. The molecule has 1 heterocycles. The van der Waals surface area contributed by atoms with Gasteiger partial charge in [-0.1, -0.05) is 18.6 Å². The van der Waals surface area contributed by atoms with Crippen LogP contribution in [-0.2, 0) is 9.47 Å². The summed E-state index contributed by atoms with van der Waals surface area (Å²) < 4.78 is 11.6. The van der Waals surface area contributed by atoms with Crippen LogP contribution < -0.4 is 0 Å². The molecule has 0 bridgehead atoms. The van der Waals surface area contributed by atoms with Gasteiger partial charge >= 0.3 is 0 Å². The fourth-order valence-electron chi connectivity index (χ4n) is 3.33. The third-order valence-electron chi connectivity index (χ3n) is 4.43. The van der Waals surface area contributed by atoms with Crippen molar-refractivity contribution in [3.8, 4) is 0 Å². The van der Waals surface area contributed by atoms with E-state index >= 15 is 0 Å². The molecular formula is C13H20O2. The maximum Gasteiger partial charge on any atom is 0.172 e. The molecule has 0 aromatic rings. The van der Waals surface area contributed by atoms with Gasteiger partial charge in [-0.05, 0) is 31.1 Å². The Kier molecular flexibility index (Phi) is 2.18. The van der Waals surface area contributed by atoms with Gasteiger partial charge in [-0.3, -0.25) is 0 Å². The van der Waals surface area contributed by atoms with Crippen molar-refractivity contribution < 1.29 is 9.47 Å². The van der Waals surface area contributed by atoms with Gasteiger partial charge in [-0.15, -0.1) is 0 Å². The highest BCUT2D eigenvalue weighted by Crippen LogP contribution is 2.52. The van der Waals surface area contributed by atoms with Crippen LogP contribution in [0.25, 0.3) is 0 Å². The Labute approximate surface area is 91.6 Å². The van der Waals surface area contributed by atoms with Crippen molar-refractivity contribution in [2.75, 3.05) is 13.2 Å². The molecule has 1 saturated heterocycles. The topological polar surface area (TPSA) is 18.5 Å². The Morgan fingerprint density at radius 1 is 1.13 bits per heavy atom. The minimum atomic E-state index is -0.233. The molecule has 2 fully saturated rings. The van der Waals surface area contributed by atoms with Gasteiger partial charge in [0.2, 0.25) is 0 Å². The summed E-state index contributed by atoms with van der Waals surface area (Å²) in [6.45, 7) is 3.98. The highest BCUT2D eigenvalue weighted by atomic mass is 16.7. The first-order chi connectivity index (χ1) is 7.23. The summed E-state index contributed by atoms with van der Waals surface area (Å²) in [5, 5.41) is 0. The van der Waals surface area contributed by atoms with E-state index in [-0.39, 0.29) is 5.79 Å². The Hall–Kier alpha value is -0.340. The summed E-state index contributed by atoms with van der Waals surface area (Å²) in [6.07, 6.45) is 9.74. The quantitative estimate of drug-likeness (QED) is 0.570. The van der Waals surface area contributed by atoms with Crippen LogP contribution in [-0.4, -0.2) is 19.0 Å². The lowest BCUT2D eigenvalue weighted by Gasteiger charge is -2.45. The van der Waals surface area contributed by atoms with Crippen LogP contribution in [0.15, 0.2) is 11.6 Å². The van der Waals surface area contributed by atoms with Gasteiger partial charge in [0.1, 0.15) is 0 Å². The van der Waals surface area contributed by atoms with Gasteiger partial charge in [-0.2, -0.15) is 0 Å². The van der Waals surface area contributed by atoms with Crippen molar-refractivity contribution in [1.82, 2.24) is 0 Å². The first-order valence-corrected chi connectivity index (χ1v) is 6.20. The summed E-state index contributed by atoms with van der Waals surface area (Å²) in [7, 11) is 0. The van der Waals surface area contributed by atoms with E-state index in [9.17, 15) is 0 Å². The predicted octanol–water partition coefficient (Wildman–Crippen LogP) is 3.03. The van der Waals surface area contributed by atoms with Crippen LogP contribution in [0.5, 0.6) is 0 Å². The Bertz CT molecular complexity index is 289. The molecule has 84 valence electrons. The fraction of sp³-hybridized carbons (Fsp3) is 0.846. The zero-order valence-corrected chi connectivity index (χ0v) is 9.55. The lowest BCUT2D eigenvalue weighted by atomic mass is 9.64. The lowest BCUT2D eigenvalue weighted by molar-refractivity contribution is -0.177. The molecular weight excluding hydrogens is 188 g/mol. The number of hydrogen-bond donors (Lipinski definition) is 0. The standard InChI is InChI=1S/C13H20O2/c1-12-5-3-2-4-11(12)10-13(7-6-12)14-8-9-15-13/h4H,2-3,5-10H2,1H3. The van der Waals surface area contributed by atoms with Crippen molar-refractivity contribution in [3.63, 3.8) is 0 Å². The predicted molar refractivity (Wildman–Crippen MR) is 58.5 cm³/mol. The average Bonchev–Trinajstić information content (AvgIpc) is 2.68. The molecule has 1 atom stereocenters. The normalized spacial score (nSPS) is 38.9. The Balaban J connectivity index is 1.85. The Morgan fingerprint density at radius 2 is 1.93 bits per heavy atom. The molecule has 3 rings (SSSR count). The van der Waals surface area contributed by atoms with E-state index in [1.165, 1.54) is 25.7 Å². The molecule has 15 heavy (non-hydrogen) atoms. The molecule has 0 N–H and O–H groups in total. The van der Waals surface area contributed by atoms with Crippen LogP contribution in [0.3, 0.4) is 0 Å². The van der Waals surface area contributed by atoms with Gasteiger partial charge < -0.3 is 9.47 Å². The largest absolute Gasteiger partial charge is 0.347 e. The first kappa shape index (κ1) is 9.86. The minimum Gasteiger partial charge on any atom is -0.347 e. The third kappa shape index (κ3) is 1.55. The smallest absolute Gasteiger partial charge is 0.172 e. The third-order valence-corrected chi connectivity index (χ3v) is 4.43. The van der Waals surface area contributed by atoms with Crippen LogP contribution >= 0.6 is 0 Å². The molecule has 1 spiro atoms. The summed E-state index contributed by atoms with van der Waals surface area (Å²) in [6, 6.07) is 0. The summed E-state index contributed by atoms with van der Waals surface area (Å²) in [5.74, 6) is -0.233. The molecule has 0 aromatic carbocycles. The highest BCUT2D eigenvalue weighted by Gasteiger charge is 2.47. The molecule has 0 amide bonds. The van der Waals surface area contributed by atoms with E-state index in [0.29, 0.717) is 5.41 Å². The van der Waals surface area contributed by atoms with Crippen molar-refractivity contribution in [3.05, 3.63) is 11.6 Å². The SMILES string of the molecule is CC12CCCC=C1CC1(CC2)OCCO1. The molecule has 0 aromatic heterocycles. The molecule has 1 unspecified atom stereocenters. The van der Waals surface area contributed by atoms with E-state index < -0.39 is 0 Å². The minimum absolute atomic E-state index is 0.233. The maximum absolute atomic E-state index is 5.81. The zero-order chi connectivity index (χ0) is 10.4. The zero-order valence-electron chi connectivity index (χ0n) is 9.55. The van der Waals surface area contributed by atoms with Crippen molar-refractivity contribution in [2.45, 2.75) is 51.2 Å². The van der Waals surface area contributed by atoms with Gasteiger partial charge in [-0.25, -0.2) is 0 Å². The van der Waals surface area contributed by atoms with Crippen LogP contribution in [0.1, 0.15) is 45.4 Å². The summed E-state index contributed by atoms with van der Waals surface area (Å²) in [5.41, 5.74) is 2.06. The Morgan fingerprint density at radius 3 is 2.73 bits per heavy atom. The molecule has 2 heteroatoms.